The number of methoxy groups -OCH3 is 1. The number of rotatable bonds is 5. The molecular weight excluding hydrogens is 297 g/mol. The summed E-state index contributed by atoms with van der Waals surface area (Å²) in [6, 6.07) is 4.38. The van der Waals surface area contributed by atoms with Crippen molar-refractivity contribution in [3.8, 4) is 0 Å². The zero-order valence-corrected chi connectivity index (χ0v) is 10.9. The Balaban J connectivity index is 2.85. The van der Waals surface area contributed by atoms with Gasteiger partial charge in [-0.25, -0.2) is 4.79 Å². The molecule has 88 valence electrons. The van der Waals surface area contributed by atoms with Crippen molar-refractivity contribution >= 4 is 39.2 Å². The number of carbonyl (C=O) groups is 1. The Morgan fingerprint density at radius 2 is 2.38 bits per heavy atom. The molecule has 4 nitrogen and oxygen atoms in total. The lowest BCUT2D eigenvalue weighted by molar-refractivity contribution is -0.139. The largest absolute Gasteiger partial charge is 0.480 e. The molecular formula is C10H11BrClNO3. The first-order valence-corrected chi connectivity index (χ1v) is 5.65. The molecule has 0 heterocycles. The highest BCUT2D eigenvalue weighted by atomic mass is 79.9. The Kier molecular flexibility index (Phi) is 5.05. The lowest BCUT2D eigenvalue weighted by Gasteiger charge is -2.16. The van der Waals surface area contributed by atoms with Gasteiger partial charge in [0.1, 0.15) is 6.04 Å². The van der Waals surface area contributed by atoms with Crippen molar-refractivity contribution in [3.63, 3.8) is 0 Å². The molecule has 1 aromatic carbocycles. The second kappa shape index (κ2) is 6.08. The molecule has 1 aromatic rings. The first-order valence-electron chi connectivity index (χ1n) is 4.48. The normalized spacial score (nSPS) is 12.2. The summed E-state index contributed by atoms with van der Waals surface area (Å²) in [5.41, 5.74) is 0.622. The molecule has 0 saturated carbocycles. The summed E-state index contributed by atoms with van der Waals surface area (Å²) in [5, 5.41) is 12.3. The van der Waals surface area contributed by atoms with Gasteiger partial charge in [0.25, 0.3) is 0 Å². The number of aliphatic carboxylic acids is 1. The minimum Gasteiger partial charge on any atom is -0.480 e. The minimum absolute atomic E-state index is 0.0777. The number of benzene rings is 1. The van der Waals surface area contributed by atoms with Crippen molar-refractivity contribution in [1.29, 1.82) is 0 Å². The lowest BCUT2D eigenvalue weighted by atomic mass is 10.2. The van der Waals surface area contributed by atoms with E-state index >= 15 is 0 Å². The van der Waals surface area contributed by atoms with Crippen LogP contribution in [-0.2, 0) is 9.53 Å². The van der Waals surface area contributed by atoms with E-state index in [1.165, 1.54) is 7.11 Å². The molecule has 0 amide bonds. The molecule has 6 heteroatoms. The fourth-order valence-electron chi connectivity index (χ4n) is 1.14. The SMILES string of the molecule is COCC(Nc1cccc(Cl)c1Br)C(=O)O. The Bertz CT molecular complexity index is 386. The summed E-state index contributed by atoms with van der Waals surface area (Å²) in [7, 11) is 1.45. The summed E-state index contributed by atoms with van der Waals surface area (Å²) in [4.78, 5) is 10.9. The molecule has 1 atom stereocenters. The van der Waals surface area contributed by atoms with Gasteiger partial charge < -0.3 is 15.2 Å². The predicted molar refractivity (Wildman–Crippen MR) is 66.1 cm³/mol. The van der Waals surface area contributed by atoms with Crippen LogP contribution in [0.2, 0.25) is 5.02 Å². The molecule has 0 bridgehead atoms. The number of nitrogens with one attached hydrogen (secondary N) is 1. The Morgan fingerprint density at radius 1 is 1.69 bits per heavy atom. The van der Waals surface area contributed by atoms with E-state index in [2.05, 4.69) is 21.2 Å². The average Bonchev–Trinajstić information content (AvgIpc) is 2.23. The summed E-state index contributed by atoms with van der Waals surface area (Å²) < 4.78 is 5.45. The van der Waals surface area contributed by atoms with Crippen molar-refractivity contribution < 1.29 is 14.6 Å². The molecule has 0 aliphatic carbocycles. The molecule has 0 fully saturated rings. The molecule has 0 aliphatic heterocycles. The van der Waals surface area contributed by atoms with Gasteiger partial charge in [-0.3, -0.25) is 0 Å². The van der Waals surface area contributed by atoms with E-state index in [4.69, 9.17) is 21.4 Å². The highest BCUT2D eigenvalue weighted by Gasteiger charge is 2.18. The van der Waals surface area contributed by atoms with Crippen LogP contribution in [0.5, 0.6) is 0 Å². The summed E-state index contributed by atoms with van der Waals surface area (Å²) in [5.74, 6) is -0.978. The quantitative estimate of drug-likeness (QED) is 0.878. The molecule has 1 rings (SSSR count). The maximum absolute atomic E-state index is 10.9. The minimum atomic E-state index is -0.978. The van der Waals surface area contributed by atoms with Gasteiger partial charge in [-0.2, -0.15) is 0 Å². The van der Waals surface area contributed by atoms with Crippen LogP contribution >= 0.6 is 27.5 Å². The summed E-state index contributed by atoms with van der Waals surface area (Å²) in [6.45, 7) is 0.0777. The number of ether oxygens (including phenoxy) is 1. The van der Waals surface area contributed by atoms with Crippen LogP contribution in [-0.4, -0.2) is 30.8 Å². The van der Waals surface area contributed by atoms with E-state index in [-0.39, 0.29) is 6.61 Å². The van der Waals surface area contributed by atoms with Gasteiger partial charge in [0.15, 0.2) is 0 Å². The molecule has 1 unspecified atom stereocenters. The number of anilines is 1. The standard InChI is InChI=1S/C10H11BrClNO3/c1-16-5-8(10(14)15)13-7-4-2-3-6(12)9(7)11/h2-4,8,13H,5H2,1H3,(H,14,15). The Hall–Kier alpha value is -0.780. The second-order valence-electron chi connectivity index (χ2n) is 3.09. The van der Waals surface area contributed by atoms with Crippen molar-refractivity contribution in [2.24, 2.45) is 0 Å². The summed E-state index contributed by atoms with van der Waals surface area (Å²) >= 11 is 9.17. The number of carboxylic acid groups (broad SMARTS) is 1. The van der Waals surface area contributed by atoms with Crippen LogP contribution in [0, 0.1) is 0 Å². The van der Waals surface area contributed by atoms with Crippen molar-refractivity contribution in [2.75, 3.05) is 19.0 Å². The fourth-order valence-corrected chi connectivity index (χ4v) is 1.70. The van der Waals surface area contributed by atoms with Gasteiger partial charge in [-0.1, -0.05) is 17.7 Å². The predicted octanol–water partition coefficient (Wildman–Crippen LogP) is 2.61. The van der Waals surface area contributed by atoms with Crippen molar-refractivity contribution in [1.82, 2.24) is 0 Å². The number of carboxylic acids is 1. The topological polar surface area (TPSA) is 58.6 Å². The highest BCUT2D eigenvalue weighted by molar-refractivity contribution is 9.10. The molecule has 0 aromatic heterocycles. The molecule has 0 radical (unpaired) electrons. The van der Waals surface area contributed by atoms with Crippen molar-refractivity contribution in [2.45, 2.75) is 6.04 Å². The average molecular weight is 309 g/mol. The first-order chi connectivity index (χ1) is 7.56. The van der Waals surface area contributed by atoms with Gasteiger partial charge in [-0.15, -0.1) is 0 Å². The van der Waals surface area contributed by atoms with Gasteiger partial charge >= 0.3 is 5.97 Å². The van der Waals surface area contributed by atoms with Crippen LogP contribution in [0.15, 0.2) is 22.7 Å². The number of hydrogen-bond donors (Lipinski definition) is 2. The summed E-state index contributed by atoms with van der Waals surface area (Å²) in [6.07, 6.45) is 0. The van der Waals surface area contributed by atoms with E-state index in [1.807, 2.05) is 0 Å². The zero-order chi connectivity index (χ0) is 12.1. The van der Waals surface area contributed by atoms with E-state index in [9.17, 15) is 4.79 Å². The van der Waals surface area contributed by atoms with E-state index in [0.717, 1.165) is 0 Å². The maximum Gasteiger partial charge on any atom is 0.328 e. The highest BCUT2D eigenvalue weighted by Crippen LogP contribution is 2.30. The van der Waals surface area contributed by atoms with Gasteiger partial charge in [0.2, 0.25) is 0 Å². The van der Waals surface area contributed by atoms with Crippen molar-refractivity contribution in [3.05, 3.63) is 27.7 Å². The fraction of sp³-hybridized carbons (Fsp3) is 0.300. The van der Waals surface area contributed by atoms with Crippen LogP contribution in [0.3, 0.4) is 0 Å². The molecule has 2 N–H and O–H groups in total. The van der Waals surface area contributed by atoms with Gasteiger partial charge in [-0.05, 0) is 28.1 Å². The Labute approximate surface area is 107 Å². The number of halogens is 2. The maximum atomic E-state index is 10.9. The van der Waals surface area contributed by atoms with E-state index in [0.29, 0.717) is 15.2 Å². The Morgan fingerprint density at radius 3 is 2.94 bits per heavy atom. The smallest absolute Gasteiger partial charge is 0.328 e. The van der Waals surface area contributed by atoms with Crippen LogP contribution < -0.4 is 5.32 Å². The third kappa shape index (κ3) is 3.37. The molecule has 0 saturated heterocycles. The van der Waals surface area contributed by atoms with E-state index in [1.54, 1.807) is 18.2 Å². The number of hydrogen-bond acceptors (Lipinski definition) is 3. The van der Waals surface area contributed by atoms with Crippen LogP contribution in [0.1, 0.15) is 0 Å². The van der Waals surface area contributed by atoms with Gasteiger partial charge in [0.05, 0.1) is 21.8 Å². The third-order valence-corrected chi connectivity index (χ3v) is 3.31. The monoisotopic (exact) mass is 307 g/mol. The van der Waals surface area contributed by atoms with Crippen LogP contribution in [0.4, 0.5) is 5.69 Å². The lowest BCUT2D eigenvalue weighted by Crippen LogP contribution is -2.33. The first kappa shape index (κ1) is 13.3. The molecule has 0 spiro atoms. The van der Waals surface area contributed by atoms with Crippen LogP contribution in [0.25, 0.3) is 0 Å². The zero-order valence-electron chi connectivity index (χ0n) is 8.54. The van der Waals surface area contributed by atoms with E-state index < -0.39 is 12.0 Å². The van der Waals surface area contributed by atoms with Gasteiger partial charge in [0, 0.05) is 7.11 Å². The second-order valence-corrected chi connectivity index (χ2v) is 4.29. The third-order valence-electron chi connectivity index (χ3n) is 1.91. The molecule has 0 aliphatic rings. The molecule has 16 heavy (non-hydrogen) atoms.